The van der Waals surface area contributed by atoms with E-state index in [4.69, 9.17) is 5.11 Å². The molecule has 58 valence electrons. The zero-order valence-electron chi connectivity index (χ0n) is 6.03. The molecule has 0 amide bonds. The van der Waals surface area contributed by atoms with Gasteiger partial charge in [0.25, 0.3) is 0 Å². The first-order valence-corrected chi connectivity index (χ1v) is 3.12. The highest BCUT2D eigenvalue weighted by Crippen LogP contribution is 2.27. The zero-order valence-corrected chi connectivity index (χ0v) is 6.03. The van der Waals surface area contributed by atoms with Gasteiger partial charge in [-0.05, 0) is 23.4 Å². The number of nitrogens with one attached hydrogen (secondary N) is 1. The van der Waals surface area contributed by atoms with Gasteiger partial charge in [0.1, 0.15) is 11.4 Å². The van der Waals surface area contributed by atoms with Gasteiger partial charge in [-0.2, -0.15) is 0 Å². The Morgan fingerprint density at radius 3 is 2.82 bits per heavy atom. The molecule has 0 bridgehead atoms. The van der Waals surface area contributed by atoms with E-state index in [-0.39, 0.29) is 5.75 Å². The van der Waals surface area contributed by atoms with Crippen LogP contribution in [0.4, 0.5) is 11.4 Å². The number of anilines is 1. The van der Waals surface area contributed by atoms with Crippen molar-refractivity contribution in [3.05, 3.63) is 23.1 Å². The Morgan fingerprint density at radius 2 is 2.27 bits per heavy atom. The second-order valence-electron chi connectivity index (χ2n) is 2.04. The summed E-state index contributed by atoms with van der Waals surface area (Å²) in [6.45, 7) is 0. The molecule has 0 unspecified atom stereocenters. The number of benzene rings is 1. The van der Waals surface area contributed by atoms with Crippen molar-refractivity contribution in [2.45, 2.75) is 0 Å². The number of phenolic OH excluding ortho intramolecular Hbond substituents is 1. The predicted octanol–water partition coefficient (Wildman–Crippen LogP) is 1.83. The summed E-state index contributed by atoms with van der Waals surface area (Å²) in [5.41, 5.74) is 0.800. The minimum Gasteiger partial charge on any atom is -0.506 e. The SMILES string of the molecule is CNc1cc(N=O)ccc1O. The van der Waals surface area contributed by atoms with Gasteiger partial charge < -0.3 is 10.4 Å². The fraction of sp³-hybridized carbons (Fsp3) is 0.143. The average Bonchev–Trinajstić information content (AvgIpc) is 2.05. The quantitative estimate of drug-likeness (QED) is 0.502. The van der Waals surface area contributed by atoms with Crippen LogP contribution in [0.5, 0.6) is 5.75 Å². The Labute approximate surface area is 63.8 Å². The lowest BCUT2D eigenvalue weighted by Gasteiger charge is -2.01. The molecule has 1 rings (SSSR count). The van der Waals surface area contributed by atoms with E-state index in [2.05, 4.69) is 10.5 Å². The molecular formula is C7H8N2O2. The summed E-state index contributed by atoms with van der Waals surface area (Å²) in [7, 11) is 1.66. The van der Waals surface area contributed by atoms with Gasteiger partial charge in [0, 0.05) is 7.05 Å². The molecule has 1 aromatic carbocycles. The van der Waals surface area contributed by atoms with Gasteiger partial charge in [0.2, 0.25) is 0 Å². The maximum atomic E-state index is 10.0. The monoisotopic (exact) mass is 152 g/mol. The van der Waals surface area contributed by atoms with Crippen LogP contribution in [-0.4, -0.2) is 12.2 Å². The normalized spacial score (nSPS) is 9.18. The second-order valence-corrected chi connectivity index (χ2v) is 2.04. The van der Waals surface area contributed by atoms with Crippen LogP contribution < -0.4 is 5.32 Å². The predicted molar refractivity (Wildman–Crippen MR) is 43.1 cm³/mol. The molecule has 11 heavy (non-hydrogen) atoms. The fourth-order valence-electron chi connectivity index (χ4n) is 0.781. The number of hydrogen-bond donors (Lipinski definition) is 2. The number of nitroso groups, excluding NO2 is 1. The molecule has 1 aromatic rings. The number of aromatic hydroxyl groups is 1. The summed E-state index contributed by atoms with van der Waals surface area (Å²) >= 11 is 0. The molecule has 0 atom stereocenters. The Balaban J connectivity index is 3.12. The molecule has 4 heteroatoms. The van der Waals surface area contributed by atoms with E-state index in [0.717, 1.165) is 0 Å². The molecule has 4 nitrogen and oxygen atoms in total. The van der Waals surface area contributed by atoms with Crippen LogP contribution >= 0.6 is 0 Å². The summed E-state index contributed by atoms with van der Waals surface area (Å²) in [4.78, 5) is 10.0. The number of rotatable bonds is 2. The van der Waals surface area contributed by atoms with E-state index in [0.29, 0.717) is 11.4 Å². The molecule has 2 N–H and O–H groups in total. The van der Waals surface area contributed by atoms with E-state index in [1.165, 1.54) is 18.2 Å². The van der Waals surface area contributed by atoms with Crippen molar-refractivity contribution in [1.29, 1.82) is 0 Å². The van der Waals surface area contributed by atoms with Crippen LogP contribution in [0.2, 0.25) is 0 Å². The van der Waals surface area contributed by atoms with Crippen LogP contribution in [0.3, 0.4) is 0 Å². The van der Waals surface area contributed by atoms with Gasteiger partial charge >= 0.3 is 0 Å². The van der Waals surface area contributed by atoms with Gasteiger partial charge in [-0.15, -0.1) is 4.91 Å². The van der Waals surface area contributed by atoms with Gasteiger partial charge in [0.05, 0.1) is 5.69 Å². The maximum absolute atomic E-state index is 10.0. The molecule has 0 spiro atoms. The molecule has 0 heterocycles. The van der Waals surface area contributed by atoms with Gasteiger partial charge in [-0.1, -0.05) is 0 Å². The smallest absolute Gasteiger partial charge is 0.138 e. The lowest BCUT2D eigenvalue weighted by molar-refractivity contribution is 0.477. The summed E-state index contributed by atoms with van der Waals surface area (Å²) in [6.07, 6.45) is 0. The van der Waals surface area contributed by atoms with Crippen LogP contribution in [0.15, 0.2) is 23.4 Å². The van der Waals surface area contributed by atoms with E-state index in [9.17, 15) is 4.91 Å². The van der Waals surface area contributed by atoms with Crippen molar-refractivity contribution >= 4 is 11.4 Å². The van der Waals surface area contributed by atoms with Crippen molar-refractivity contribution in [2.75, 3.05) is 12.4 Å². The van der Waals surface area contributed by atoms with Crippen molar-refractivity contribution in [1.82, 2.24) is 0 Å². The highest BCUT2D eigenvalue weighted by atomic mass is 16.3. The largest absolute Gasteiger partial charge is 0.506 e. The Morgan fingerprint density at radius 1 is 1.55 bits per heavy atom. The average molecular weight is 152 g/mol. The van der Waals surface area contributed by atoms with Crippen LogP contribution in [0, 0.1) is 4.91 Å². The summed E-state index contributed by atoms with van der Waals surface area (Å²) in [6, 6.07) is 4.34. The molecule has 0 aliphatic rings. The first kappa shape index (κ1) is 7.53. The third-order valence-electron chi connectivity index (χ3n) is 1.35. The molecule has 0 radical (unpaired) electrons. The summed E-state index contributed by atoms with van der Waals surface area (Å²) in [5, 5.41) is 14.6. The summed E-state index contributed by atoms with van der Waals surface area (Å²) in [5.74, 6) is 0.111. The van der Waals surface area contributed by atoms with E-state index >= 15 is 0 Å². The first-order chi connectivity index (χ1) is 5.27. The minimum absolute atomic E-state index is 0.111. The Kier molecular flexibility index (Phi) is 2.06. The Bertz CT molecular complexity index is 273. The first-order valence-electron chi connectivity index (χ1n) is 3.12. The third kappa shape index (κ3) is 1.46. The molecule has 0 saturated carbocycles. The maximum Gasteiger partial charge on any atom is 0.138 e. The van der Waals surface area contributed by atoms with Gasteiger partial charge in [-0.25, -0.2) is 0 Å². The number of phenols is 1. The van der Waals surface area contributed by atoms with Crippen LogP contribution in [-0.2, 0) is 0 Å². The van der Waals surface area contributed by atoms with Crippen molar-refractivity contribution < 1.29 is 5.11 Å². The lowest BCUT2D eigenvalue weighted by Crippen LogP contribution is -1.86. The standard InChI is InChI=1S/C7H8N2O2/c1-8-6-4-5(9-11)2-3-7(6)10/h2-4,8,10H,1H3. The summed E-state index contributed by atoms with van der Waals surface area (Å²) < 4.78 is 0. The molecule has 0 aliphatic carbocycles. The third-order valence-corrected chi connectivity index (χ3v) is 1.35. The molecule has 0 aliphatic heterocycles. The molecule has 0 aromatic heterocycles. The van der Waals surface area contributed by atoms with Gasteiger partial charge in [-0.3, -0.25) is 0 Å². The van der Waals surface area contributed by atoms with Crippen molar-refractivity contribution in [3.63, 3.8) is 0 Å². The molecular weight excluding hydrogens is 144 g/mol. The van der Waals surface area contributed by atoms with Crippen LogP contribution in [0.1, 0.15) is 0 Å². The van der Waals surface area contributed by atoms with Crippen molar-refractivity contribution in [3.8, 4) is 5.75 Å². The van der Waals surface area contributed by atoms with E-state index in [1.54, 1.807) is 7.05 Å². The van der Waals surface area contributed by atoms with Crippen molar-refractivity contribution in [2.24, 2.45) is 5.18 Å². The topological polar surface area (TPSA) is 61.7 Å². The fourth-order valence-corrected chi connectivity index (χ4v) is 0.781. The highest BCUT2D eigenvalue weighted by molar-refractivity contribution is 5.62. The number of nitrogens with zero attached hydrogens (tertiary/aromatic N) is 1. The lowest BCUT2D eigenvalue weighted by atomic mass is 10.2. The number of hydrogen-bond acceptors (Lipinski definition) is 4. The minimum atomic E-state index is 0.111. The zero-order chi connectivity index (χ0) is 8.27. The molecule has 0 fully saturated rings. The van der Waals surface area contributed by atoms with Gasteiger partial charge in [0.15, 0.2) is 0 Å². The molecule has 0 saturated heterocycles. The van der Waals surface area contributed by atoms with Crippen LogP contribution in [0.25, 0.3) is 0 Å². The Hall–Kier alpha value is -1.58. The van der Waals surface area contributed by atoms with E-state index in [1.807, 2.05) is 0 Å². The second kappa shape index (κ2) is 3.01. The highest BCUT2D eigenvalue weighted by Gasteiger charge is 1.99. The van der Waals surface area contributed by atoms with E-state index < -0.39 is 0 Å².